The highest BCUT2D eigenvalue weighted by Crippen LogP contribution is 2.37. The molecule has 8 nitrogen and oxygen atoms in total. The lowest BCUT2D eigenvalue weighted by atomic mass is 9.96. The molecule has 0 unspecified atom stereocenters. The average Bonchev–Trinajstić information content (AvgIpc) is 3.53. The Balaban J connectivity index is 0.000000312. The first-order valence-electron chi connectivity index (χ1n) is 11.5. The molecule has 2 aliphatic rings. The van der Waals surface area contributed by atoms with E-state index in [4.69, 9.17) is 16.6 Å². The van der Waals surface area contributed by atoms with Crippen molar-refractivity contribution in [3.8, 4) is 11.3 Å². The molecule has 2 aromatic heterocycles. The lowest BCUT2D eigenvalue weighted by Crippen LogP contribution is -2.23. The number of carbonyl (C=O) groups excluding carboxylic acids is 1. The fourth-order valence-electron chi connectivity index (χ4n) is 3.88. The molecule has 176 valence electrons. The van der Waals surface area contributed by atoms with Crippen molar-refractivity contribution >= 4 is 23.5 Å². The van der Waals surface area contributed by atoms with Gasteiger partial charge in [0.2, 0.25) is 11.9 Å². The van der Waals surface area contributed by atoms with E-state index >= 15 is 0 Å². The first-order valence-corrected chi connectivity index (χ1v) is 11.9. The van der Waals surface area contributed by atoms with E-state index in [0.29, 0.717) is 30.2 Å². The second kappa shape index (κ2) is 12.2. The minimum absolute atomic E-state index is 0.0120. The first-order chi connectivity index (χ1) is 15.5. The summed E-state index contributed by atoms with van der Waals surface area (Å²) in [7, 11) is 3.60. The van der Waals surface area contributed by atoms with Gasteiger partial charge in [-0.1, -0.05) is 30.9 Å². The number of aryl methyl sites for hydroxylation is 1. The Hall–Kier alpha value is -2.19. The van der Waals surface area contributed by atoms with E-state index in [1.54, 1.807) is 13.3 Å². The number of hydrogen-bond acceptors (Lipinski definition) is 6. The van der Waals surface area contributed by atoms with E-state index in [0.717, 1.165) is 23.6 Å². The van der Waals surface area contributed by atoms with Crippen LogP contribution in [0.5, 0.6) is 0 Å². The van der Waals surface area contributed by atoms with Gasteiger partial charge in [-0.25, -0.2) is 9.97 Å². The Morgan fingerprint density at radius 3 is 2.62 bits per heavy atom. The highest BCUT2D eigenvalue weighted by Gasteiger charge is 2.26. The van der Waals surface area contributed by atoms with E-state index in [9.17, 15) is 4.79 Å². The van der Waals surface area contributed by atoms with Crippen LogP contribution in [0, 0.1) is 5.92 Å². The maximum Gasteiger partial charge on any atom is 0.223 e. The molecule has 4 rings (SSSR count). The Morgan fingerprint density at radius 1 is 1.22 bits per heavy atom. The monoisotopic (exact) mass is 462 g/mol. The smallest absolute Gasteiger partial charge is 0.223 e. The molecule has 1 amide bonds. The fraction of sp³-hybridized carbons (Fsp3) is 0.652. The maximum atomic E-state index is 10.2. The molecule has 2 N–H and O–H groups in total. The van der Waals surface area contributed by atoms with Crippen LogP contribution < -0.4 is 10.6 Å². The van der Waals surface area contributed by atoms with Crippen LogP contribution in [-0.2, 0) is 23.0 Å². The molecule has 0 spiro atoms. The van der Waals surface area contributed by atoms with Crippen LogP contribution in [0.2, 0.25) is 5.02 Å². The van der Waals surface area contributed by atoms with Crippen molar-refractivity contribution in [2.45, 2.75) is 64.3 Å². The number of anilines is 1. The van der Waals surface area contributed by atoms with Crippen LogP contribution in [0.3, 0.4) is 0 Å². The number of nitrogens with zero attached hydrogens (tertiary/aromatic N) is 4. The van der Waals surface area contributed by atoms with Gasteiger partial charge in [-0.3, -0.25) is 9.48 Å². The summed E-state index contributed by atoms with van der Waals surface area (Å²) >= 11 is 6.42. The maximum absolute atomic E-state index is 10.2. The van der Waals surface area contributed by atoms with E-state index in [2.05, 4.69) is 25.5 Å². The molecular formula is C23H35ClN6O2. The summed E-state index contributed by atoms with van der Waals surface area (Å²) in [6.45, 7) is 2.67. The van der Waals surface area contributed by atoms with Crippen molar-refractivity contribution < 1.29 is 9.53 Å². The van der Waals surface area contributed by atoms with Crippen LogP contribution in [0.15, 0.2) is 12.4 Å². The second-order valence-corrected chi connectivity index (χ2v) is 9.03. The highest BCUT2D eigenvalue weighted by molar-refractivity contribution is 6.32. The van der Waals surface area contributed by atoms with Crippen molar-refractivity contribution in [2.75, 3.05) is 25.6 Å². The topological polar surface area (TPSA) is 94.0 Å². The summed E-state index contributed by atoms with van der Waals surface area (Å²) < 4.78 is 6.64. The Bertz CT molecular complexity index is 877. The third-order valence-corrected chi connectivity index (χ3v) is 6.13. The van der Waals surface area contributed by atoms with Crippen LogP contribution in [-0.4, -0.2) is 52.0 Å². The zero-order chi connectivity index (χ0) is 22.9. The minimum atomic E-state index is -0.0120. The van der Waals surface area contributed by atoms with E-state index in [-0.39, 0.29) is 5.91 Å². The summed E-state index contributed by atoms with van der Waals surface area (Å²) in [6.07, 6.45) is 13.6. The van der Waals surface area contributed by atoms with Gasteiger partial charge in [0.1, 0.15) is 0 Å². The van der Waals surface area contributed by atoms with E-state index < -0.39 is 0 Å². The van der Waals surface area contributed by atoms with Crippen molar-refractivity contribution in [3.05, 3.63) is 23.1 Å². The largest absolute Gasteiger partial charge is 0.383 e. The Kier molecular flexibility index (Phi) is 9.29. The number of nitrogens with one attached hydrogen (secondary N) is 2. The van der Waals surface area contributed by atoms with Gasteiger partial charge in [0.15, 0.2) is 0 Å². The van der Waals surface area contributed by atoms with Gasteiger partial charge in [0.05, 0.1) is 29.7 Å². The quantitative estimate of drug-likeness (QED) is 0.576. The fourth-order valence-corrected chi connectivity index (χ4v) is 4.08. The number of methoxy groups -OCH3 is 1. The number of amides is 1. The number of ether oxygens (including phenoxy) is 1. The molecular weight excluding hydrogens is 428 g/mol. The molecule has 0 radical (unpaired) electrons. The number of carbonyl (C=O) groups is 1. The molecule has 0 atom stereocenters. The predicted octanol–water partition coefficient (Wildman–Crippen LogP) is 4.00. The van der Waals surface area contributed by atoms with Gasteiger partial charge >= 0.3 is 0 Å². The number of halogens is 1. The molecule has 2 heterocycles. The standard InChI is InChI=1S/C18H24ClN5.C5H11NO2/c1-24-16(9-12-7-8-12)14(10-21-24)17-15(19)11-20-18(23-17)22-13-5-3-2-4-6-13;1-5(7)6-3-4-8-2/h10-13H,2-9H2,1H3,(H,20,22,23);3-4H2,1-2H3,(H,6,7). The molecule has 2 aliphatic carbocycles. The highest BCUT2D eigenvalue weighted by atomic mass is 35.5. The summed E-state index contributed by atoms with van der Waals surface area (Å²) in [6, 6.07) is 0.479. The van der Waals surface area contributed by atoms with Crippen molar-refractivity contribution in [1.82, 2.24) is 25.1 Å². The van der Waals surface area contributed by atoms with Gasteiger partial charge in [0, 0.05) is 44.9 Å². The number of aromatic nitrogens is 4. The SMILES string of the molecule is COCCNC(C)=O.Cn1ncc(-c2nc(NC3CCCCC3)ncc2Cl)c1CC1CC1. The van der Waals surface area contributed by atoms with Crippen LogP contribution in [0.1, 0.15) is 57.6 Å². The summed E-state index contributed by atoms with van der Waals surface area (Å²) in [4.78, 5) is 19.3. The van der Waals surface area contributed by atoms with Crippen molar-refractivity contribution in [1.29, 1.82) is 0 Å². The third-order valence-electron chi connectivity index (χ3n) is 5.86. The Labute approximate surface area is 195 Å². The van der Waals surface area contributed by atoms with Crippen LogP contribution >= 0.6 is 11.6 Å². The van der Waals surface area contributed by atoms with E-state index in [1.807, 2.05) is 17.9 Å². The summed E-state index contributed by atoms with van der Waals surface area (Å²) in [5, 5.41) is 11.1. The molecule has 9 heteroatoms. The van der Waals surface area contributed by atoms with Gasteiger partial charge in [-0.15, -0.1) is 0 Å². The van der Waals surface area contributed by atoms with Gasteiger partial charge in [-0.05, 0) is 38.0 Å². The van der Waals surface area contributed by atoms with Gasteiger partial charge < -0.3 is 15.4 Å². The lowest BCUT2D eigenvalue weighted by molar-refractivity contribution is -0.119. The van der Waals surface area contributed by atoms with E-state index in [1.165, 1.54) is 57.6 Å². The molecule has 2 aromatic rings. The Morgan fingerprint density at radius 2 is 1.97 bits per heavy atom. The zero-order valence-corrected chi connectivity index (χ0v) is 20.1. The first kappa shape index (κ1) is 24.5. The second-order valence-electron chi connectivity index (χ2n) is 8.62. The van der Waals surface area contributed by atoms with Crippen LogP contribution in [0.4, 0.5) is 5.95 Å². The number of hydrogen-bond donors (Lipinski definition) is 2. The molecule has 0 aromatic carbocycles. The molecule has 0 aliphatic heterocycles. The summed E-state index contributed by atoms with van der Waals surface area (Å²) in [5.74, 6) is 1.46. The molecule has 0 bridgehead atoms. The molecule has 32 heavy (non-hydrogen) atoms. The third kappa shape index (κ3) is 7.45. The molecule has 2 saturated carbocycles. The average molecular weight is 463 g/mol. The minimum Gasteiger partial charge on any atom is -0.383 e. The number of rotatable bonds is 8. The zero-order valence-electron chi connectivity index (χ0n) is 19.4. The normalized spacial score (nSPS) is 16.2. The van der Waals surface area contributed by atoms with Crippen LogP contribution in [0.25, 0.3) is 11.3 Å². The lowest BCUT2D eigenvalue weighted by Gasteiger charge is -2.22. The van der Waals surface area contributed by atoms with Crippen molar-refractivity contribution in [2.24, 2.45) is 13.0 Å². The summed E-state index contributed by atoms with van der Waals surface area (Å²) in [5.41, 5.74) is 3.07. The molecule has 2 fully saturated rings. The van der Waals surface area contributed by atoms with Crippen molar-refractivity contribution in [3.63, 3.8) is 0 Å². The van der Waals surface area contributed by atoms with Gasteiger partial charge in [-0.2, -0.15) is 5.10 Å². The molecule has 0 saturated heterocycles. The van der Waals surface area contributed by atoms with Gasteiger partial charge in [0.25, 0.3) is 0 Å². The predicted molar refractivity (Wildman–Crippen MR) is 127 cm³/mol.